The standard InChI is InChI=1S/C7H15NO/c1-6-3-8-4-7(2)9-5-6/h6-8H,3-5H2,1-2H3/t6-,7-/m1/s1. The normalized spacial score (nSPS) is 38.0. The van der Waals surface area contributed by atoms with Gasteiger partial charge in [-0.15, -0.1) is 0 Å². The topological polar surface area (TPSA) is 21.3 Å². The average molecular weight is 129 g/mol. The van der Waals surface area contributed by atoms with Crippen LogP contribution in [0.25, 0.3) is 0 Å². The van der Waals surface area contributed by atoms with Gasteiger partial charge in [-0.2, -0.15) is 0 Å². The highest BCUT2D eigenvalue weighted by Gasteiger charge is 2.10. The fourth-order valence-corrected chi connectivity index (χ4v) is 0.979. The summed E-state index contributed by atoms with van der Waals surface area (Å²) >= 11 is 0. The van der Waals surface area contributed by atoms with Gasteiger partial charge in [0.25, 0.3) is 0 Å². The molecule has 2 heteroatoms. The molecule has 2 atom stereocenters. The molecular weight excluding hydrogens is 114 g/mol. The van der Waals surface area contributed by atoms with E-state index in [1.807, 2.05) is 0 Å². The van der Waals surface area contributed by atoms with Crippen LogP contribution in [0.4, 0.5) is 0 Å². The summed E-state index contributed by atoms with van der Waals surface area (Å²) in [5.41, 5.74) is 0. The van der Waals surface area contributed by atoms with Crippen molar-refractivity contribution in [2.75, 3.05) is 19.7 Å². The van der Waals surface area contributed by atoms with E-state index in [0.717, 1.165) is 19.7 Å². The Morgan fingerprint density at radius 3 is 2.89 bits per heavy atom. The van der Waals surface area contributed by atoms with Crippen molar-refractivity contribution >= 4 is 0 Å². The van der Waals surface area contributed by atoms with Crippen LogP contribution >= 0.6 is 0 Å². The minimum absolute atomic E-state index is 0.398. The Balaban J connectivity index is 2.25. The molecule has 0 aliphatic carbocycles. The average Bonchev–Trinajstić information content (AvgIpc) is 1.97. The van der Waals surface area contributed by atoms with Crippen molar-refractivity contribution in [2.45, 2.75) is 20.0 Å². The summed E-state index contributed by atoms with van der Waals surface area (Å²) < 4.78 is 5.45. The van der Waals surface area contributed by atoms with Crippen LogP contribution in [0.3, 0.4) is 0 Å². The zero-order valence-corrected chi connectivity index (χ0v) is 6.18. The van der Waals surface area contributed by atoms with Crippen LogP contribution in [0, 0.1) is 5.92 Å². The van der Waals surface area contributed by atoms with Crippen molar-refractivity contribution in [3.8, 4) is 0 Å². The first-order chi connectivity index (χ1) is 4.29. The molecule has 0 aromatic heterocycles. The van der Waals surface area contributed by atoms with Crippen molar-refractivity contribution in [1.29, 1.82) is 0 Å². The largest absolute Gasteiger partial charge is 0.377 e. The first-order valence-corrected chi connectivity index (χ1v) is 3.61. The van der Waals surface area contributed by atoms with Crippen LogP contribution in [-0.4, -0.2) is 25.8 Å². The summed E-state index contributed by atoms with van der Waals surface area (Å²) in [7, 11) is 0. The van der Waals surface area contributed by atoms with E-state index in [2.05, 4.69) is 19.2 Å². The fraction of sp³-hybridized carbons (Fsp3) is 1.00. The van der Waals surface area contributed by atoms with E-state index in [1.54, 1.807) is 0 Å². The second-order valence-electron chi connectivity index (χ2n) is 2.91. The molecule has 1 heterocycles. The number of hydrogen-bond acceptors (Lipinski definition) is 2. The molecule has 1 rings (SSSR count). The lowest BCUT2D eigenvalue weighted by Crippen LogP contribution is -2.24. The van der Waals surface area contributed by atoms with Crippen LogP contribution in [0.15, 0.2) is 0 Å². The molecule has 0 spiro atoms. The summed E-state index contributed by atoms with van der Waals surface area (Å²) in [6, 6.07) is 0. The summed E-state index contributed by atoms with van der Waals surface area (Å²) in [6.45, 7) is 7.32. The smallest absolute Gasteiger partial charge is 0.0671 e. The van der Waals surface area contributed by atoms with E-state index in [1.165, 1.54) is 0 Å². The molecule has 0 bridgehead atoms. The molecular formula is C7H15NO. The maximum absolute atomic E-state index is 5.45. The Kier molecular flexibility index (Phi) is 2.49. The van der Waals surface area contributed by atoms with Crippen molar-refractivity contribution in [3.05, 3.63) is 0 Å². The number of rotatable bonds is 0. The Morgan fingerprint density at radius 2 is 2.11 bits per heavy atom. The molecule has 1 saturated heterocycles. The molecule has 1 fully saturated rings. The molecule has 0 aromatic carbocycles. The van der Waals surface area contributed by atoms with Gasteiger partial charge in [-0.05, 0) is 19.4 Å². The van der Waals surface area contributed by atoms with Gasteiger partial charge in [0.1, 0.15) is 0 Å². The maximum Gasteiger partial charge on any atom is 0.0671 e. The quantitative estimate of drug-likeness (QED) is 0.518. The van der Waals surface area contributed by atoms with Gasteiger partial charge in [0, 0.05) is 6.54 Å². The van der Waals surface area contributed by atoms with Gasteiger partial charge < -0.3 is 10.1 Å². The van der Waals surface area contributed by atoms with Crippen molar-refractivity contribution in [1.82, 2.24) is 5.32 Å². The molecule has 1 N–H and O–H groups in total. The lowest BCUT2D eigenvalue weighted by Gasteiger charge is -2.07. The van der Waals surface area contributed by atoms with Crippen molar-refractivity contribution in [3.63, 3.8) is 0 Å². The molecule has 2 nitrogen and oxygen atoms in total. The van der Waals surface area contributed by atoms with Crippen LogP contribution in [0.2, 0.25) is 0 Å². The fourth-order valence-electron chi connectivity index (χ4n) is 0.979. The zero-order chi connectivity index (χ0) is 6.69. The van der Waals surface area contributed by atoms with E-state index in [-0.39, 0.29) is 0 Å². The molecule has 0 saturated carbocycles. The Hall–Kier alpha value is -0.0800. The predicted octanol–water partition coefficient (Wildman–Crippen LogP) is 0.631. The Morgan fingerprint density at radius 1 is 1.33 bits per heavy atom. The number of nitrogens with one attached hydrogen (secondary N) is 1. The molecule has 0 amide bonds. The summed E-state index contributed by atoms with van der Waals surface area (Å²) in [4.78, 5) is 0. The first kappa shape index (κ1) is 7.03. The molecule has 0 aromatic rings. The van der Waals surface area contributed by atoms with E-state index in [0.29, 0.717) is 12.0 Å². The molecule has 0 radical (unpaired) electrons. The summed E-state index contributed by atoms with van der Waals surface area (Å²) in [5.74, 6) is 0.676. The van der Waals surface area contributed by atoms with Crippen LogP contribution < -0.4 is 5.32 Å². The summed E-state index contributed by atoms with van der Waals surface area (Å²) in [6.07, 6.45) is 0.398. The van der Waals surface area contributed by atoms with Crippen molar-refractivity contribution < 1.29 is 4.74 Å². The van der Waals surface area contributed by atoms with E-state index < -0.39 is 0 Å². The highest BCUT2D eigenvalue weighted by molar-refractivity contribution is 4.64. The van der Waals surface area contributed by atoms with Gasteiger partial charge in [-0.25, -0.2) is 0 Å². The SMILES string of the molecule is C[C@@H]1CNC[C@@H](C)OC1. The predicted molar refractivity (Wildman–Crippen MR) is 37.4 cm³/mol. The van der Waals surface area contributed by atoms with E-state index >= 15 is 0 Å². The Bertz CT molecular complexity index is 75.0. The van der Waals surface area contributed by atoms with Crippen LogP contribution in [-0.2, 0) is 4.74 Å². The molecule has 0 unspecified atom stereocenters. The van der Waals surface area contributed by atoms with Crippen molar-refractivity contribution in [2.24, 2.45) is 5.92 Å². The van der Waals surface area contributed by atoms with Gasteiger partial charge in [0.15, 0.2) is 0 Å². The molecule has 1 aliphatic rings. The first-order valence-electron chi connectivity index (χ1n) is 3.61. The van der Waals surface area contributed by atoms with Crippen LogP contribution in [0.1, 0.15) is 13.8 Å². The molecule has 1 aliphatic heterocycles. The highest BCUT2D eigenvalue weighted by Crippen LogP contribution is 2.01. The maximum atomic E-state index is 5.45. The lowest BCUT2D eigenvalue weighted by atomic mass is 10.2. The minimum atomic E-state index is 0.398. The number of ether oxygens (including phenoxy) is 1. The van der Waals surface area contributed by atoms with Gasteiger partial charge in [-0.3, -0.25) is 0 Å². The Labute approximate surface area is 56.6 Å². The molecule has 9 heavy (non-hydrogen) atoms. The highest BCUT2D eigenvalue weighted by atomic mass is 16.5. The van der Waals surface area contributed by atoms with Gasteiger partial charge >= 0.3 is 0 Å². The van der Waals surface area contributed by atoms with Gasteiger partial charge in [0.05, 0.1) is 12.7 Å². The van der Waals surface area contributed by atoms with E-state index in [9.17, 15) is 0 Å². The second kappa shape index (κ2) is 3.18. The minimum Gasteiger partial charge on any atom is -0.377 e. The molecule has 54 valence electrons. The second-order valence-corrected chi connectivity index (χ2v) is 2.91. The number of hydrogen-bond donors (Lipinski definition) is 1. The van der Waals surface area contributed by atoms with E-state index in [4.69, 9.17) is 4.74 Å². The monoisotopic (exact) mass is 129 g/mol. The van der Waals surface area contributed by atoms with Crippen LogP contribution in [0.5, 0.6) is 0 Å². The van der Waals surface area contributed by atoms with Gasteiger partial charge in [0.2, 0.25) is 0 Å². The third-order valence-electron chi connectivity index (χ3n) is 1.59. The zero-order valence-electron chi connectivity index (χ0n) is 6.18. The third kappa shape index (κ3) is 2.33. The van der Waals surface area contributed by atoms with Gasteiger partial charge in [-0.1, -0.05) is 6.92 Å². The third-order valence-corrected chi connectivity index (χ3v) is 1.59. The summed E-state index contributed by atoms with van der Waals surface area (Å²) in [5, 5.41) is 3.32. The lowest BCUT2D eigenvalue weighted by molar-refractivity contribution is 0.0642.